The minimum absolute atomic E-state index is 0. The standard InChI is InChI=1S/C3H8O3.Al.ClH.Zr/c4-1-3(6)2-5;;;/h3-6H,1-2H2;;1H;/q;+3;;+2. The normalized spacial score (nSPS) is 6.67. The molecule has 3 nitrogen and oxygen atoms in total. The van der Waals surface area contributed by atoms with Crippen molar-refractivity contribution < 1.29 is 41.5 Å². The molecule has 9 heavy (non-hydrogen) atoms. The van der Waals surface area contributed by atoms with Crippen LogP contribution in [0.4, 0.5) is 0 Å². The summed E-state index contributed by atoms with van der Waals surface area (Å²) in [7, 11) is 0. The Morgan fingerprint density at radius 2 is 1.33 bits per heavy atom. The first-order valence-electron chi connectivity index (χ1n) is 1.71. The van der Waals surface area contributed by atoms with E-state index in [9.17, 15) is 0 Å². The van der Waals surface area contributed by atoms with Gasteiger partial charge in [0.1, 0.15) is 6.10 Å². The first kappa shape index (κ1) is 22.4. The third-order valence-electron chi connectivity index (χ3n) is 0.421. The van der Waals surface area contributed by atoms with Gasteiger partial charge in [-0.15, -0.1) is 12.4 Å². The van der Waals surface area contributed by atoms with Gasteiger partial charge in [0.2, 0.25) is 0 Å². The van der Waals surface area contributed by atoms with E-state index in [4.69, 9.17) is 15.3 Å². The minimum atomic E-state index is -0.954. The summed E-state index contributed by atoms with van der Waals surface area (Å²) in [5.74, 6) is 0. The summed E-state index contributed by atoms with van der Waals surface area (Å²) < 4.78 is 0. The molecule has 0 saturated carbocycles. The average Bonchev–Trinajstić information content (AvgIpc) is 1.65. The van der Waals surface area contributed by atoms with E-state index in [1.54, 1.807) is 0 Å². The molecular weight excluding hydrogens is 238 g/mol. The fourth-order valence-corrected chi connectivity index (χ4v) is 0.0577. The predicted octanol–water partition coefficient (Wildman–Crippen LogP) is -1.63. The molecule has 0 saturated heterocycles. The molecule has 0 atom stereocenters. The van der Waals surface area contributed by atoms with Crippen LogP contribution in [-0.4, -0.2) is 52.0 Å². The van der Waals surface area contributed by atoms with Crippen LogP contribution in [0.2, 0.25) is 0 Å². The molecule has 0 aromatic rings. The molecule has 0 amide bonds. The van der Waals surface area contributed by atoms with Gasteiger partial charge in [0.25, 0.3) is 0 Å². The van der Waals surface area contributed by atoms with Gasteiger partial charge in [-0.2, -0.15) is 0 Å². The van der Waals surface area contributed by atoms with Crippen LogP contribution >= 0.6 is 12.4 Å². The monoisotopic (exact) mass is 245 g/mol. The zero-order chi connectivity index (χ0) is 4.99. The summed E-state index contributed by atoms with van der Waals surface area (Å²) >= 11 is 0. The summed E-state index contributed by atoms with van der Waals surface area (Å²) in [6, 6.07) is 0. The molecule has 0 aromatic carbocycles. The molecule has 0 radical (unpaired) electrons. The van der Waals surface area contributed by atoms with Crippen LogP contribution in [0.25, 0.3) is 0 Å². The van der Waals surface area contributed by atoms with E-state index in [1.807, 2.05) is 0 Å². The molecule has 0 heterocycles. The van der Waals surface area contributed by atoms with Gasteiger partial charge in [-0.1, -0.05) is 0 Å². The zero-order valence-electron chi connectivity index (χ0n) is 4.82. The van der Waals surface area contributed by atoms with Crippen LogP contribution in [0.5, 0.6) is 0 Å². The summed E-state index contributed by atoms with van der Waals surface area (Å²) in [5.41, 5.74) is 0. The second-order valence-electron chi connectivity index (χ2n) is 1.02. The molecule has 3 N–H and O–H groups in total. The maximum Gasteiger partial charge on any atom is 3.00 e. The van der Waals surface area contributed by atoms with Crippen molar-refractivity contribution in [1.82, 2.24) is 0 Å². The van der Waals surface area contributed by atoms with E-state index in [1.165, 1.54) is 0 Å². The number of hydrogen-bond acceptors (Lipinski definition) is 3. The minimum Gasteiger partial charge on any atom is -0.394 e. The van der Waals surface area contributed by atoms with Crippen molar-refractivity contribution in [3.05, 3.63) is 0 Å². The Bertz CT molecular complexity index is 38.2. The van der Waals surface area contributed by atoms with Crippen LogP contribution in [0.15, 0.2) is 0 Å². The van der Waals surface area contributed by atoms with Gasteiger partial charge in [0, 0.05) is 0 Å². The number of halogens is 1. The number of aliphatic hydroxyl groups excluding tert-OH is 3. The largest absolute Gasteiger partial charge is 3.00 e. The molecule has 0 aromatic heterocycles. The Labute approximate surface area is 90.1 Å². The molecule has 48 valence electrons. The summed E-state index contributed by atoms with van der Waals surface area (Å²) in [4.78, 5) is 0. The van der Waals surface area contributed by atoms with E-state index in [0.717, 1.165) is 0 Å². The topological polar surface area (TPSA) is 60.7 Å². The van der Waals surface area contributed by atoms with Gasteiger partial charge in [0.15, 0.2) is 0 Å². The molecule has 0 spiro atoms. The van der Waals surface area contributed by atoms with E-state index in [0.29, 0.717) is 0 Å². The smallest absolute Gasteiger partial charge is 0.394 e. The third kappa shape index (κ3) is 17.7. The SMILES string of the molecule is Cl.OCC(O)CO.[Al+3].[Zr+2]. The quantitative estimate of drug-likeness (QED) is 0.513. The number of rotatable bonds is 2. The Morgan fingerprint density at radius 3 is 1.33 bits per heavy atom. The van der Waals surface area contributed by atoms with Crippen molar-refractivity contribution in [3.8, 4) is 0 Å². The summed E-state index contributed by atoms with van der Waals surface area (Å²) in [6.45, 7) is -0.729. The molecule has 0 aliphatic heterocycles. The van der Waals surface area contributed by atoms with Crippen LogP contribution in [0.1, 0.15) is 0 Å². The van der Waals surface area contributed by atoms with Gasteiger partial charge in [-0.3, -0.25) is 0 Å². The third-order valence-corrected chi connectivity index (χ3v) is 0.421. The van der Waals surface area contributed by atoms with E-state index < -0.39 is 6.10 Å². The van der Waals surface area contributed by atoms with Gasteiger partial charge < -0.3 is 15.3 Å². The molecule has 0 aliphatic carbocycles. The van der Waals surface area contributed by atoms with E-state index in [-0.39, 0.29) is 69.2 Å². The Morgan fingerprint density at radius 1 is 1.11 bits per heavy atom. The van der Waals surface area contributed by atoms with Gasteiger partial charge in [0.05, 0.1) is 13.2 Å². The van der Waals surface area contributed by atoms with Crippen molar-refractivity contribution >= 4 is 29.8 Å². The van der Waals surface area contributed by atoms with Crippen LogP contribution < -0.4 is 0 Å². The van der Waals surface area contributed by atoms with E-state index in [2.05, 4.69) is 0 Å². The van der Waals surface area contributed by atoms with E-state index >= 15 is 0 Å². The molecule has 0 bridgehead atoms. The van der Waals surface area contributed by atoms with Crippen molar-refractivity contribution in [2.75, 3.05) is 13.2 Å². The Kier molecular flexibility index (Phi) is 40.6. The van der Waals surface area contributed by atoms with Crippen LogP contribution in [0, 0.1) is 0 Å². The first-order valence-corrected chi connectivity index (χ1v) is 1.71. The van der Waals surface area contributed by atoms with Crippen molar-refractivity contribution in [3.63, 3.8) is 0 Å². The average molecular weight is 247 g/mol. The molecule has 0 rings (SSSR count). The molecule has 0 aliphatic rings. The zero-order valence-corrected chi connectivity index (χ0v) is 9.25. The van der Waals surface area contributed by atoms with Gasteiger partial charge in [-0.05, 0) is 0 Å². The van der Waals surface area contributed by atoms with Crippen molar-refractivity contribution in [1.29, 1.82) is 0 Å². The molecule has 0 fully saturated rings. The number of aliphatic hydroxyl groups is 3. The van der Waals surface area contributed by atoms with Crippen LogP contribution in [-0.2, 0) is 26.2 Å². The second kappa shape index (κ2) is 16.3. The number of hydrogen-bond donors (Lipinski definition) is 3. The Balaban J connectivity index is -0.0000000417. The fraction of sp³-hybridized carbons (Fsp3) is 1.00. The molecule has 6 heteroatoms. The maximum atomic E-state index is 8.17. The molecule has 0 unspecified atom stereocenters. The van der Waals surface area contributed by atoms with Gasteiger partial charge >= 0.3 is 43.6 Å². The summed E-state index contributed by atoms with van der Waals surface area (Å²) in [6.07, 6.45) is -0.954. The maximum absolute atomic E-state index is 8.17. The van der Waals surface area contributed by atoms with Crippen molar-refractivity contribution in [2.45, 2.75) is 6.10 Å². The summed E-state index contributed by atoms with van der Waals surface area (Å²) in [5, 5.41) is 24.0. The Hall–Kier alpha value is 1.59. The van der Waals surface area contributed by atoms with Crippen LogP contribution in [0.3, 0.4) is 0 Å². The fourth-order valence-electron chi connectivity index (χ4n) is 0.0577. The second-order valence-corrected chi connectivity index (χ2v) is 1.02. The first-order chi connectivity index (χ1) is 2.81. The predicted molar refractivity (Wildman–Crippen MR) is 33.2 cm³/mol. The molecular formula is C3H9AlClO3Zr+5. The van der Waals surface area contributed by atoms with Gasteiger partial charge in [-0.25, -0.2) is 0 Å². The van der Waals surface area contributed by atoms with Crippen molar-refractivity contribution in [2.24, 2.45) is 0 Å².